The molecule has 148 valence electrons. The molecule has 4 rings (SSSR count). The van der Waals surface area contributed by atoms with Gasteiger partial charge in [-0.15, -0.1) is 0 Å². The molecule has 0 bridgehead atoms. The number of carbonyl (C=O) groups excluding carboxylic acids is 2. The molecule has 29 heavy (non-hydrogen) atoms. The summed E-state index contributed by atoms with van der Waals surface area (Å²) in [7, 11) is 0. The zero-order chi connectivity index (χ0) is 20.2. The van der Waals surface area contributed by atoms with Crippen molar-refractivity contribution in [2.24, 2.45) is 0 Å². The van der Waals surface area contributed by atoms with E-state index in [0.717, 1.165) is 60.7 Å². The van der Waals surface area contributed by atoms with Crippen LogP contribution in [0.2, 0.25) is 0 Å². The van der Waals surface area contributed by atoms with Crippen molar-refractivity contribution in [1.29, 1.82) is 0 Å². The van der Waals surface area contributed by atoms with Gasteiger partial charge in [0.25, 0.3) is 0 Å². The maximum atomic E-state index is 13.1. The van der Waals surface area contributed by atoms with Crippen LogP contribution in [0, 0.1) is 0 Å². The van der Waals surface area contributed by atoms with E-state index in [0.29, 0.717) is 11.1 Å². The van der Waals surface area contributed by atoms with Gasteiger partial charge in [0.05, 0.1) is 11.1 Å². The van der Waals surface area contributed by atoms with Gasteiger partial charge in [0, 0.05) is 16.6 Å². The number of fused-ring (bicyclic) bond motifs is 2. The van der Waals surface area contributed by atoms with Crippen LogP contribution in [0.1, 0.15) is 63.7 Å². The van der Waals surface area contributed by atoms with E-state index in [4.69, 9.17) is 9.72 Å². The number of aryl methyl sites for hydroxylation is 2. The average Bonchev–Trinajstić information content (AvgIpc) is 3.00. The van der Waals surface area contributed by atoms with Gasteiger partial charge < -0.3 is 4.74 Å². The first-order valence-corrected chi connectivity index (χ1v) is 10.4. The number of rotatable bonds is 5. The summed E-state index contributed by atoms with van der Waals surface area (Å²) in [6, 6.07) is 15.1. The quantitative estimate of drug-likeness (QED) is 0.347. The number of nitrogens with zero attached hydrogens (tertiary/aromatic N) is 1. The number of para-hydroxylation sites is 1. The normalized spacial score (nSPS) is 13.6. The highest BCUT2D eigenvalue weighted by Crippen LogP contribution is 2.29. The predicted octanol–water partition coefficient (Wildman–Crippen LogP) is 5.11. The second-order valence-electron chi connectivity index (χ2n) is 7.54. The van der Waals surface area contributed by atoms with E-state index < -0.39 is 5.97 Å². The minimum atomic E-state index is -0.430. The number of ketones is 1. The van der Waals surface area contributed by atoms with Gasteiger partial charge in [-0.3, -0.25) is 9.78 Å². The lowest BCUT2D eigenvalue weighted by atomic mass is 9.97. The number of esters is 1. The average molecular weight is 387 g/mol. The van der Waals surface area contributed by atoms with E-state index in [9.17, 15) is 9.59 Å². The fourth-order valence-corrected chi connectivity index (χ4v) is 4.00. The first-order valence-electron chi connectivity index (χ1n) is 10.4. The van der Waals surface area contributed by atoms with E-state index >= 15 is 0 Å². The predicted molar refractivity (Wildman–Crippen MR) is 113 cm³/mol. The lowest BCUT2D eigenvalue weighted by Crippen LogP contribution is -2.17. The highest BCUT2D eigenvalue weighted by Gasteiger charge is 2.23. The summed E-state index contributed by atoms with van der Waals surface area (Å²) >= 11 is 0. The van der Waals surface area contributed by atoms with Gasteiger partial charge in [0.1, 0.15) is 0 Å². The molecule has 0 atom stereocenters. The van der Waals surface area contributed by atoms with Gasteiger partial charge in [-0.05, 0) is 49.3 Å². The lowest BCUT2D eigenvalue weighted by molar-refractivity contribution is 0.0475. The molecule has 0 amide bonds. The van der Waals surface area contributed by atoms with E-state index in [1.54, 1.807) is 12.1 Å². The van der Waals surface area contributed by atoms with Crippen LogP contribution in [0.25, 0.3) is 10.9 Å². The third kappa shape index (κ3) is 4.07. The van der Waals surface area contributed by atoms with Gasteiger partial charge in [0.2, 0.25) is 0 Å². The first kappa shape index (κ1) is 19.3. The highest BCUT2D eigenvalue weighted by atomic mass is 16.5. The Kier molecular flexibility index (Phi) is 5.70. The van der Waals surface area contributed by atoms with Crippen molar-refractivity contribution in [2.75, 3.05) is 6.61 Å². The molecule has 0 unspecified atom stereocenters. The Labute approximate surface area is 170 Å². The second-order valence-corrected chi connectivity index (χ2v) is 7.54. The van der Waals surface area contributed by atoms with Crippen LogP contribution >= 0.6 is 0 Å². The number of hydrogen-bond donors (Lipinski definition) is 0. The molecule has 0 fully saturated rings. The molecule has 0 radical (unpaired) electrons. The summed E-state index contributed by atoms with van der Waals surface area (Å²) in [6.45, 7) is 1.82. The molecule has 0 spiro atoms. The molecule has 0 saturated heterocycles. The molecule has 0 aliphatic heterocycles. The molecule has 1 aromatic heterocycles. The third-order valence-corrected chi connectivity index (χ3v) is 5.64. The van der Waals surface area contributed by atoms with Gasteiger partial charge in [-0.2, -0.15) is 0 Å². The number of aromatic nitrogens is 1. The third-order valence-electron chi connectivity index (χ3n) is 5.64. The molecule has 1 aliphatic rings. The Bertz CT molecular complexity index is 1050. The van der Waals surface area contributed by atoms with Crippen molar-refractivity contribution >= 4 is 22.7 Å². The van der Waals surface area contributed by atoms with Gasteiger partial charge in [-0.1, -0.05) is 55.8 Å². The Hall–Kier alpha value is -3.01. The summed E-state index contributed by atoms with van der Waals surface area (Å²) in [4.78, 5) is 30.4. The molecule has 2 aromatic carbocycles. The standard InChI is InChI=1S/C25H25NO3/c1-2-17-12-14-18(15-13-17)23(27)16-29-25(28)24-19-8-4-3-5-10-21(19)26-22-11-7-6-9-20(22)24/h6-7,9,11-15H,2-5,8,10,16H2,1H3. The van der Waals surface area contributed by atoms with Crippen LogP contribution in [-0.4, -0.2) is 23.3 Å². The maximum absolute atomic E-state index is 13.1. The Morgan fingerprint density at radius 1 is 0.966 bits per heavy atom. The van der Waals surface area contributed by atoms with Crippen LogP contribution in [0.5, 0.6) is 0 Å². The minimum absolute atomic E-state index is 0.189. The summed E-state index contributed by atoms with van der Waals surface area (Å²) in [5.41, 5.74) is 5.11. The fourth-order valence-electron chi connectivity index (χ4n) is 4.00. The Balaban J connectivity index is 1.60. The van der Waals surface area contributed by atoms with Gasteiger partial charge in [0.15, 0.2) is 12.4 Å². The maximum Gasteiger partial charge on any atom is 0.339 e. The van der Waals surface area contributed by atoms with Crippen LogP contribution in [-0.2, 0) is 24.0 Å². The summed E-state index contributed by atoms with van der Waals surface area (Å²) in [6.07, 6.45) is 5.87. The summed E-state index contributed by atoms with van der Waals surface area (Å²) in [5.74, 6) is -0.620. The van der Waals surface area contributed by atoms with Gasteiger partial charge >= 0.3 is 5.97 Å². The fraction of sp³-hybridized carbons (Fsp3) is 0.320. The number of Topliss-reactive ketones (excluding diaryl/α,β-unsaturated/α-hetero) is 1. The Morgan fingerprint density at radius 3 is 2.52 bits per heavy atom. The van der Waals surface area contributed by atoms with Gasteiger partial charge in [-0.25, -0.2) is 4.79 Å². The topological polar surface area (TPSA) is 56.3 Å². The van der Waals surface area contributed by atoms with Crippen molar-refractivity contribution in [3.8, 4) is 0 Å². The van der Waals surface area contributed by atoms with Crippen LogP contribution < -0.4 is 0 Å². The van der Waals surface area contributed by atoms with Crippen LogP contribution in [0.3, 0.4) is 0 Å². The largest absolute Gasteiger partial charge is 0.454 e. The number of benzene rings is 2. The van der Waals surface area contributed by atoms with Crippen molar-refractivity contribution in [3.63, 3.8) is 0 Å². The van der Waals surface area contributed by atoms with Crippen molar-refractivity contribution in [2.45, 2.75) is 45.4 Å². The van der Waals surface area contributed by atoms with Crippen LogP contribution in [0.4, 0.5) is 0 Å². The van der Waals surface area contributed by atoms with Crippen LogP contribution in [0.15, 0.2) is 48.5 Å². The monoisotopic (exact) mass is 387 g/mol. The lowest BCUT2D eigenvalue weighted by Gasteiger charge is -2.14. The van der Waals surface area contributed by atoms with E-state index in [-0.39, 0.29) is 12.4 Å². The molecule has 3 aromatic rings. The molecule has 1 heterocycles. The molecule has 4 heteroatoms. The Morgan fingerprint density at radius 2 is 1.72 bits per heavy atom. The zero-order valence-corrected chi connectivity index (χ0v) is 16.7. The number of pyridine rings is 1. The molecule has 0 N–H and O–H groups in total. The molecule has 4 nitrogen and oxygen atoms in total. The number of carbonyl (C=O) groups is 2. The second kappa shape index (κ2) is 8.56. The van der Waals surface area contributed by atoms with Crippen molar-refractivity contribution < 1.29 is 14.3 Å². The number of hydrogen-bond acceptors (Lipinski definition) is 4. The first-order chi connectivity index (χ1) is 14.2. The van der Waals surface area contributed by atoms with E-state index in [2.05, 4.69) is 6.92 Å². The molecule has 1 aliphatic carbocycles. The highest BCUT2D eigenvalue weighted by molar-refractivity contribution is 6.06. The van der Waals surface area contributed by atoms with E-state index in [1.165, 1.54) is 5.56 Å². The molecular weight excluding hydrogens is 362 g/mol. The SMILES string of the molecule is CCc1ccc(C(=O)COC(=O)c2c3c(nc4ccccc24)CCCCC3)cc1. The molecule has 0 saturated carbocycles. The van der Waals surface area contributed by atoms with E-state index in [1.807, 2.05) is 36.4 Å². The summed E-state index contributed by atoms with van der Waals surface area (Å²) < 4.78 is 5.50. The zero-order valence-electron chi connectivity index (χ0n) is 16.7. The minimum Gasteiger partial charge on any atom is -0.454 e. The van der Waals surface area contributed by atoms with Crippen molar-refractivity contribution in [3.05, 3.63) is 76.5 Å². The summed E-state index contributed by atoms with van der Waals surface area (Å²) in [5, 5.41) is 0.804. The number of ether oxygens (including phenoxy) is 1. The molecular formula is C25H25NO3. The smallest absolute Gasteiger partial charge is 0.339 e. The van der Waals surface area contributed by atoms with Crippen molar-refractivity contribution in [1.82, 2.24) is 4.98 Å².